The van der Waals surface area contributed by atoms with Gasteiger partial charge in [0.2, 0.25) is 0 Å². The Balaban J connectivity index is 1.61. The summed E-state index contributed by atoms with van der Waals surface area (Å²) in [6.07, 6.45) is 5.24. The maximum atomic E-state index is 12.2. The number of para-hydroxylation sites is 2. The highest BCUT2D eigenvalue weighted by Gasteiger charge is 2.09. The van der Waals surface area contributed by atoms with Gasteiger partial charge in [-0.25, -0.2) is 4.98 Å². The quantitative estimate of drug-likeness (QED) is 0.514. The highest BCUT2D eigenvalue weighted by molar-refractivity contribution is 6.04. The predicted octanol–water partition coefficient (Wildman–Crippen LogP) is 4.09. The summed E-state index contributed by atoms with van der Waals surface area (Å²) >= 11 is 0. The lowest BCUT2D eigenvalue weighted by Gasteiger charge is -2.07. The Bertz CT molecular complexity index is 1130. The molecule has 0 spiro atoms. The largest absolute Gasteiger partial charge is 0.506 e. The number of aromatic amines is 1. The van der Waals surface area contributed by atoms with Crippen molar-refractivity contribution < 1.29 is 9.90 Å². The SMILES string of the molecule is O=C(Nc1ccccc1/C=C/c1ccc2cccc(O)c2n1)c1ccn[nH]1. The molecule has 0 aliphatic rings. The van der Waals surface area contributed by atoms with Gasteiger partial charge in [-0.15, -0.1) is 0 Å². The van der Waals surface area contributed by atoms with Crippen LogP contribution in [0.4, 0.5) is 5.69 Å². The molecule has 27 heavy (non-hydrogen) atoms. The number of pyridine rings is 1. The number of benzene rings is 2. The van der Waals surface area contributed by atoms with Gasteiger partial charge >= 0.3 is 0 Å². The fourth-order valence-corrected chi connectivity index (χ4v) is 2.74. The number of nitrogens with one attached hydrogen (secondary N) is 2. The van der Waals surface area contributed by atoms with Crippen LogP contribution in [-0.2, 0) is 0 Å². The Labute approximate surface area is 155 Å². The molecule has 3 N–H and O–H groups in total. The van der Waals surface area contributed by atoms with Crippen molar-refractivity contribution in [1.29, 1.82) is 0 Å². The van der Waals surface area contributed by atoms with Crippen LogP contribution in [0.15, 0.2) is 66.9 Å². The molecule has 2 aromatic heterocycles. The lowest BCUT2D eigenvalue weighted by molar-refractivity contribution is 0.102. The van der Waals surface area contributed by atoms with E-state index in [2.05, 4.69) is 20.5 Å². The zero-order valence-electron chi connectivity index (χ0n) is 14.3. The smallest absolute Gasteiger partial charge is 0.273 e. The Morgan fingerprint density at radius 2 is 1.89 bits per heavy atom. The third-order valence-electron chi connectivity index (χ3n) is 4.11. The number of amides is 1. The van der Waals surface area contributed by atoms with Gasteiger partial charge in [-0.1, -0.05) is 42.5 Å². The van der Waals surface area contributed by atoms with Gasteiger partial charge in [0, 0.05) is 17.3 Å². The van der Waals surface area contributed by atoms with Crippen molar-refractivity contribution in [3.8, 4) is 5.75 Å². The number of hydrogen-bond donors (Lipinski definition) is 3. The first-order valence-electron chi connectivity index (χ1n) is 8.37. The number of carbonyl (C=O) groups excluding carboxylic acids is 1. The minimum absolute atomic E-state index is 0.148. The molecule has 2 aromatic carbocycles. The van der Waals surface area contributed by atoms with E-state index in [0.29, 0.717) is 22.6 Å². The van der Waals surface area contributed by atoms with E-state index in [-0.39, 0.29) is 11.7 Å². The standard InChI is InChI=1S/C21H16N4O2/c26-19-7-3-5-15-9-11-16(23-20(15)19)10-8-14-4-1-2-6-17(14)24-21(27)18-12-13-22-25-18/h1-13,26H,(H,22,25)(H,24,27)/b10-8+. The second-order valence-corrected chi connectivity index (χ2v) is 5.93. The summed E-state index contributed by atoms with van der Waals surface area (Å²) in [5.41, 5.74) is 3.17. The highest BCUT2D eigenvalue weighted by Crippen LogP contribution is 2.24. The number of fused-ring (bicyclic) bond motifs is 1. The number of H-pyrrole nitrogens is 1. The number of hydrogen-bond acceptors (Lipinski definition) is 4. The van der Waals surface area contributed by atoms with Gasteiger partial charge < -0.3 is 10.4 Å². The molecule has 0 atom stereocenters. The van der Waals surface area contributed by atoms with Crippen molar-refractivity contribution >= 4 is 34.6 Å². The number of aromatic nitrogens is 3. The first-order chi connectivity index (χ1) is 13.2. The first-order valence-corrected chi connectivity index (χ1v) is 8.37. The summed E-state index contributed by atoms with van der Waals surface area (Å²) in [6.45, 7) is 0. The average molecular weight is 356 g/mol. The third kappa shape index (κ3) is 3.55. The van der Waals surface area contributed by atoms with E-state index in [0.717, 1.165) is 10.9 Å². The van der Waals surface area contributed by atoms with E-state index in [1.165, 1.54) is 6.20 Å². The minimum Gasteiger partial charge on any atom is -0.506 e. The van der Waals surface area contributed by atoms with Crippen molar-refractivity contribution in [1.82, 2.24) is 15.2 Å². The van der Waals surface area contributed by atoms with Gasteiger partial charge in [-0.05, 0) is 35.9 Å². The van der Waals surface area contributed by atoms with Crippen LogP contribution >= 0.6 is 0 Å². The van der Waals surface area contributed by atoms with Crippen LogP contribution < -0.4 is 5.32 Å². The zero-order chi connectivity index (χ0) is 18.6. The van der Waals surface area contributed by atoms with Gasteiger partial charge in [-0.2, -0.15) is 5.10 Å². The molecule has 0 saturated carbocycles. The molecule has 4 aromatic rings. The van der Waals surface area contributed by atoms with Crippen molar-refractivity contribution in [2.45, 2.75) is 0 Å². The average Bonchev–Trinajstić information content (AvgIpc) is 3.23. The van der Waals surface area contributed by atoms with Crippen molar-refractivity contribution in [3.63, 3.8) is 0 Å². The van der Waals surface area contributed by atoms with E-state index in [1.54, 1.807) is 18.2 Å². The van der Waals surface area contributed by atoms with Gasteiger partial charge in [0.1, 0.15) is 17.0 Å². The van der Waals surface area contributed by atoms with Crippen molar-refractivity contribution in [3.05, 3.63) is 83.8 Å². The maximum absolute atomic E-state index is 12.2. The summed E-state index contributed by atoms with van der Waals surface area (Å²) in [5, 5.41) is 20.1. The Kier molecular flexibility index (Phi) is 4.37. The number of carbonyl (C=O) groups is 1. The molecule has 0 unspecified atom stereocenters. The Morgan fingerprint density at radius 1 is 1.00 bits per heavy atom. The van der Waals surface area contributed by atoms with E-state index >= 15 is 0 Å². The van der Waals surface area contributed by atoms with Crippen LogP contribution in [0.3, 0.4) is 0 Å². The molecule has 0 aliphatic carbocycles. The molecule has 6 heteroatoms. The molecular formula is C21H16N4O2. The predicted molar refractivity (Wildman–Crippen MR) is 105 cm³/mol. The highest BCUT2D eigenvalue weighted by atomic mass is 16.3. The monoisotopic (exact) mass is 356 g/mol. The number of phenols is 1. The number of rotatable bonds is 4. The summed E-state index contributed by atoms with van der Waals surface area (Å²) < 4.78 is 0. The van der Waals surface area contributed by atoms with Gasteiger partial charge in [0.05, 0.1) is 5.69 Å². The molecule has 0 aliphatic heterocycles. The van der Waals surface area contributed by atoms with Crippen LogP contribution in [-0.4, -0.2) is 26.2 Å². The number of phenolic OH excluding ortho intramolecular Hbond substituents is 1. The second kappa shape index (κ2) is 7.13. The minimum atomic E-state index is -0.262. The molecule has 0 bridgehead atoms. The first kappa shape index (κ1) is 16.5. The third-order valence-corrected chi connectivity index (χ3v) is 4.11. The van der Waals surface area contributed by atoms with Gasteiger partial charge in [-0.3, -0.25) is 9.89 Å². The van der Waals surface area contributed by atoms with Crippen LogP contribution in [0.2, 0.25) is 0 Å². The lowest BCUT2D eigenvalue weighted by atomic mass is 10.1. The van der Waals surface area contributed by atoms with Gasteiger partial charge in [0.15, 0.2) is 0 Å². The van der Waals surface area contributed by atoms with E-state index in [9.17, 15) is 9.90 Å². The molecule has 6 nitrogen and oxygen atoms in total. The number of anilines is 1. The lowest BCUT2D eigenvalue weighted by Crippen LogP contribution is -2.13. The fourth-order valence-electron chi connectivity index (χ4n) is 2.74. The van der Waals surface area contributed by atoms with Gasteiger partial charge in [0.25, 0.3) is 5.91 Å². The second-order valence-electron chi connectivity index (χ2n) is 5.93. The molecule has 1 amide bonds. The fraction of sp³-hybridized carbons (Fsp3) is 0. The molecule has 132 valence electrons. The van der Waals surface area contributed by atoms with Crippen LogP contribution in [0, 0.1) is 0 Å². The topological polar surface area (TPSA) is 90.9 Å². The molecule has 2 heterocycles. The van der Waals surface area contributed by atoms with E-state index in [4.69, 9.17) is 0 Å². The van der Waals surface area contributed by atoms with Crippen LogP contribution in [0.5, 0.6) is 5.75 Å². The summed E-state index contributed by atoms with van der Waals surface area (Å²) in [5.74, 6) is -0.114. The summed E-state index contributed by atoms with van der Waals surface area (Å²) in [6, 6.07) is 18.2. The molecule has 0 saturated heterocycles. The Morgan fingerprint density at radius 3 is 2.74 bits per heavy atom. The Hall–Kier alpha value is -3.93. The summed E-state index contributed by atoms with van der Waals surface area (Å²) in [4.78, 5) is 16.7. The van der Waals surface area contributed by atoms with Crippen molar-refractivity contribution in [2.75, 3.05) is 5.32 Å². The number of aromatic hydroxyl groups is 1. The molecule has 0 radical (unpaired) electrons. The van der Waals surface area contributed by atoms with Crippen LogP contribution in [0.1, 0.15) is 21.7 Å². The van der Waals surface area contributed by atoms with E-state index < -0.39 is 0 Å². The van der Waals surface area contributed by atoms with Crippen molar-refractivity contribution in [2.24, 2.45) is 0 Å². The zero-order valence-corrected chi connectivity index (χ0v) is 14.3. The maximum Gasteiger partial charge on any atom is 0.273 e. The molecule has 0 fully saturated rings. The molecular weight excluding hydrogens is 340 g/mol. The van der Waals surface area contributed by atoms with E-state index in [1.807, 2.05) is 54.6 Å². The van der Waals surface area contributed by atoms with Crippen LogP contribution in [0.25, 0.3) is 23.1 Å². The normalized spacial score (nSPS) is 11.1. The number of nitrogens with zero attached hydrogens (tertiary/aromatic N) is 2. The summed E-state index contributed by atoms with van der Waals surface area (Å²) in [7, 11) is 0. The molecule has 4 rings (SSSR count).